The molecule has 0 bridgehead atoms. The quantitative estimate of drug-likeness (QED) is 0.0950. The van der Waals surface area contributed by atoms with Gasteiger partial charge in [0.25, 0.3) is 0 Å². The summed E-state index contributed by atoms with van der Waals surface area (Å²) in [7, 11) is 0. The SMILES string of the molecule is O=C(O)c1c(O)c(/N=N/c2ccc(N(Cc3ccccn3)Cc3ccccn3)c(/N=N/c3cc4ccccc4c(C(=O)O)c3O)c2)cc2c1C=CCC2. The van der Waals surface area contributed by atoms with E-state index in [-0.39, 0.29) is 28.2 Å². The summed E-state index contributed by atoms with van der Waals surface area (Å²) >= 11 is 0. The monoisotopic (exact) mass is 705 g/mol. The van der Waals surface area contributed by atoms with Crippen LogP contribution < -0.4 is 4.90 Å². The van der Waals surface area contributed by atoms with Crippen molar-refractivity contribution >= 4 is 57.2 Å². The molecule has 1 aliphatic carbocycles. The molecular weight excluding hydrogens is 674 g/mol. The van der Waals surface area contributed by atoms with Gasteiger partial charge in [0.1, 0.15) is 28.2 Å². The number of benzene rings is 4. The minimum atomic E-state index is -1.32. The molecule has 7 rings (SSSR count). The molecule has 4 aromatic carbocycles. The third kappa shape index (κ3) is 7.30. The van der Waals surface area contributed by atoms with Gasteiger partial charge in [-0.1, -0.05) is 48.6 Å². The maximum atomic E-state index is 12.2. The Morgan fingerprint density at radius 3 is 1.98 bits per heavy atom. The first-order valence-electron chi connectivity index (χ1n) is 16.6. The van der Waals surface area contributed by atoms with Crippen molar-refractivity contribution in [1.29, 1.82) is 0 Å². The fraction of sp³-hybridized carbons (Fsp3) is 0.100. The van der Waals surface area contributed by atoms with Gasteiger partial charge in [0.15, 0.2) is 11.5 Å². The van der Waals surface area contributed by atoms with E-state index in [4.69, 9.17) is 0 Å². The molecule has 6 aromatic rings. The molecule has 0 saturated heterocycles. The number of carboxylic acids is 2. The lowest BCUT2D eigenvalue weighted by atomic mass is 9.91. The first kappa shape index (κ1) is 34.2. The maximum Gasteiger partial charge on any atom is 0.340 e. The molecule has 0 radical (unpaired) electrons. The zero-order chi connectivity index (χ0) is 36.9. The predicted octanol–water partition coefficient (Wildman–Crippen LogP) is 9.43. The van der Waals surface area contributed by atoms with Crippen LogP contribution in [0.5, 0.6) is 11.5 Å². The Balaban J connectivity index is 1.35. The van der Waals surface area contributed by atoms with Crippen LogP contribution in [-0.2, 0) is 19.5 Å². The van der Waals surface area contributed by atoms with Crippen LogP contribution in [-0.4, -0.2) is 42.3 Å². The van der Waals surface area contributed by atoms with Crippen molar-refractivity contribution in [2.75, 3.05) is 4.90 Å². The lowest BCUT2D eigenvalue weighted by Crippen LogP contribution is -2.23. The van der Waals surface area contributed by atoms with Gasteiger partial charge in [0.05, 0.1) is 35.9 Å². The molecule has 2 aromatic heterocycles. The van der Waals surface area contributed by atoms with Gasteiger partial charge in [-0.25, -0.2) is 9.59 Å². The molecule has 1 aliphatic rings. The van der Waals surface area contributed by atoms with E-state index in [0.29, 0.717) is 47.2 Å². The van der Waals surface area contributed by atoms with E-state index in [1.807, 2.05) is 47.4 Å². The number of aryl methyl sites for hydroxylation is 1. The van der Waals surface area contributed by atoms with Gasteiger partial charge in [-0.3, -0.25) is 9.97 Å². The van der Waals surface area contributed by atoms with Crippen LogP contribution in [0.2, 0.25) is 0 Å². The fourth-order valence-electron chi connectivity index (χ4n) is 6.21. The molecule has 13 heteroatoms. The Morgan fingerprint density at radius 2 is 1.30 bits per heavy atom. The predicted molar refractivity (Wildman–Crippen MR) is 198 cm³/mol. The van der Waals surface area contributed by atoms with E-state index >= 15 is 0 Å². The molecule has 0 amide bonds. The molecule has 0 aliphatic heterocycles. The molecule has 0 spiro atoms. The van der Waals surface area contributed by atoms with Gasteiger partial charge < -0.3 is 25.3 Å². The Hall–Kier alpha value is -7.28. The lowest BCUT2D eigenvalue weighted by Gasteiger charge is -2.25. The van der Waals surface area contributed by atoms with Crippen molar-refractivity contribution in [3.63, 3.8) is 0 Å². The number of nitrogens with zero attached hydrogens (tertiary/aromatic N) is 7. The Bertz CT molecular complexity index is 2410. The molecule has 0 fully saturated rings. The number of carboxylic acid groups (broad SMARTS) is 2. The summed E-state index contributed by atoms with van der Waals surface area (Å²) in [5.41, 5.74) is 3.26. The number of aromatic carboxylic acids is 2. The third-order valence-electron chi connectivity index (χ3n) is 8.70. The number of phenols is 2. The highest BCUT2D eigenvalue weighted by Crippen LogP contribution is 2.42. The Morgan fingerprint density at radius 1 is 0.679 bits per heavy atom. The highest BCUT2D eigenvalue weighted by Gasteiger charge is 2.23. The molecule has 0 unspecified atom stereocenters. The van der Waals surface area contributed by atoms with Crippen molar-refractivity contribution in [3.8, 4) is 11.5 Å². The summed E-state index contributed by atoms with van der Waals surface area (Å²) in [4.78, 5) is 35.3. The van der Waals surface area contributed by atoms with Crippen LogP contribution in [0, 0.1) is 0 Å². The topological polar surface area (TPSA) is 194 Å². The van der Waals surface area contributed by atoms with Crippen LogP contribution in [0.15, 0.2) is 130 Å². The Kier molecular flexibility index (Phi) is 9.62. The number of aromatic nitrogens is 2. The van der Waals surface area contributed by atoms with Crippen molar-refractivity contribution in [2.24, 2.45) is 20.5 Å². The van der Waals surface area contributed by atoms with E-state index < -0.39 is 23.4 Å². The average molecular weight is 706 g/mol. The highest BCUT2D eigenvalue weighted by atomic mass is 16.4. The van der Waals surface area contributed by atoms with Crippen LogP contribution in [0.25, 0.3) is 16.8 Å². The minimum absolute atomic E-state index is 0.00193. The second-order valence-corrected chi connectivity index (χ2v) is 12.2. The van der Waals surface area contributed by atoms with Gasteiger partial charge in [-0.05, 0) is 84.0 Å². The van der Waals surface area contributed by atoms with Crippen molar-refractivity contribution < 1.29 is 30.0 Å². The number of hydrogen-bond acceptors (Lipinski definition) is 11. The van der Waals surface area contributed by atoms with Gasteiger partial charge in [0.2, 0.25) is 0 Å². The van der Waals surface area contributed by atoms with Gasteiger partial charge in [-0.2, -0.15) is 5.11 Å². The normalized spacial score (nSPS) is 12.4. The minimum Gasteiger partial charge on any atom is -0.505 e. The van der Waals surface area contributed by atoms with E-state index in [9.17, 15) is 30.0 Å². The molecule has 53 heavy (non-hydrogen) atoms. The van der Waals surface area contributed by atoms with Crippen molar-refractivity contribution in [3.05, 3.63) is 143 Å². The fourth-order valence-corrected chi connectivity index (χ4v) is 6.21. The van der Waals surface area contributed by atoms with Crippen LogP contribution >= 0.6 is 0 Å². The standard InChI is InChI=1S/C40H31N7O6/c48-37-32(19-24-9-1-3-13-29(24)35(37)39(50)51)45-43-26-15-16-34(47(22-27-11-5-7-17-41-27)23-28-12-6-8-18-42-28)31(21-26)44-46-33-20-25-10-2-4-14-30(25)36(38(33)49)40(52)53/h2-8,10-21,48-49H,1,9,22-23H2,(H,50,51)(H,52,53)/b45-43+,46-44+. The summed E-state index contributed by atoms with van der Waals surface area (Å²) in [5, 5.41) is 60.2. The summed E-state index contributed by atoms with van der Waals surface area (Å²) in [6.45, 7) is 0.696. The summed E-state index contributed by atoms with van der Waals surface area (Å²) in [6.07, 6.45) is 8.25. The van der Waals surface area contributed by atoms with Gasteiger partial charge in [0, 0.05) is 17.8 Å². The number of rotatable bonds is 11. The summed E-state index contributed by atoms with van der Waals surface area (Å²) < 4.78 is 0. The summed E-state index contributed by atoms with van der Waals surface area (Å²) in [6, 6.07) is 26.2. The average Bonchev–Trinajstić information content (AvgIpc) is 3.16. The molecule has 0 saturated carbocycles. The Labute approximate surface area is 302 Å². The number of aromatic hydroxyl groups is 2. The largest absolute Gasteiger partial charge is 0.505 e. The maximum absolute atomic E-state index is 12.2. The molecule has 13 nitrogen and oxygen atoms in total. The number of azo groups is 2. The summed E-state index contributed by atoms with van der Waals surface area (Å²) in [5.74, 6) is -3.63. The number of fused-ring (bicyclic) bond motifs is 2. The van der Waals surface area contributed by atoms with E-state index in [2.05, 4.69) is 30.4 Å². The van der Waals surface area contributed by atoms with Crippen LogP contribution in [0.1, 0.15) is 49.7 Å². The highest BCUT2D eigenvalue weighted by molar-refractivity contribution is 6.08. The zero-order valence-corrected chi connectivity index (χ0v) is 28.0. The van der Waals surface area contributed by atoms with Gasteiger partial charge >= 0.3 is 11.9 Å². The number of pyridine rings is 2. The molecule has 262 valence electrons. The molecule has 0 atom stereocenters. The van der Waals surface area contributed by atoms with Crippen molar-refractivity contribution in [2.45, 2.75) is 25.9 Å². The van der Waals surface area contributed by atoms with E-state index in [0.717, 1.165) is 23.4 Å². The van der Waals surface area contributed by atoms with Crippen molar-refractivity contribution in [1.82, 2.24) is 9.97 Å². The second kappa shape index (κ2) is 14.9. The molecule has 4 N–H and O–H groups in total. The van der Waals surface area contributed by atoms with E-state index in [1.165, 1.54) is 0 Å². The number of carbonyl (C=O) groups is 2. The van der Waals surface area contributed by atoms with Gasteiger partial charge in [-0.15, -0.1) is 15.3 Å². The smallest absolute Gasteiger partial charge is 0.340 e. The number of hydrogen-bond donors (Lipinski definition) is 4. The molecular formula is C40H31N7O6. The lowest BCUT2D eigenvalue weighted by molar-refractivity contribution is 0.0683. The first-order chi connectivity index (χ1) is 25.8. The zero-order valence-electron chi connectivity index (χ0n) is 28.0. The number of allylic oxidation sites excluding steroid dienone is 1. The molecule has 2 heterocycles. The third-order valence-corrected chi connectivity index (χ3v) is 8.70. The number of anilines is 1. The first-order valence-corrected chi connectivity index (χ1v) is 16.6. The van der Waals surface area contributed by atoms with E-state index in [1.54, 1.807) is 73.1 Å². The van der Waals surface area contributed by atoms with Crippen LogP contribution in [0.4, 0.5) is 28.4 Å². The van der Waals surface area contributed by atoms with Crippen LogP contribution in [0.3, 0.4) is 0 Å². The second-order valence-electron chi connectivity index (χ2n) is 12.2.